The molecule has 1 aliphatic carbocycles. The van der Waals surface area contributed by atoms with Gasteiger partial charge in [-0.2, -0.15) is 0 Å². The molecule has 118 valence electrons. The average molecular weight is 303 g/mol. The molecule has 5 nitrogen and oxygen atoms in total. The number of carboxylic acid groups (broad SMARTS) is 1. The Hall–Kier alpha value is -1.88. The maximum atomic E-state index is 12.8. The molecule has 1 atom stereocenters. The zero-order valence-corrected chi connectivity index (χ0v) is 12.5. The van der Waals surface area contributed by atoms with E-state index in [9.17, 15) is 14.7 Å². The highest BCUT2D eigenvalue weighted by molar-refractivity contribution is 5.86. The molecule has 1 heterocycles. The van der Waals surface area contributed by atoms with E-state index in [4.69, 9.17) is 4.74 Å². The number of nitrogens with zero attached hydrogens (tertiary/aromatic N) is 1. The SMILES string of the molecule is O=C(O)C1COC2(CCCCC2)N1C(=O)Cc1ccccc1. The number of hydrogen-bond donors (Lipinski definition) is 1. The first kappa shape index (κ1) is 15.0. The second kappa shape index (κ2) is 6.08. The van der Waals surface area contributed by atoms with E-state index in [-0.39, 0.29) is 18.9 Å². The predicted octanol–water partition coefficient (Wildman–Crippen LogP) is 2.20. The molecule has 5 heteroatoms. The van der Waals surface area contributed by atoms with E-state index in [2.05, 4.69) is 0 Å². The van der Waals surface area contributed by atoms with Gasteiger partial charge in [-0.25, -0.2) is 4.79 Å². The van der Waals surface area contributed by atoms with Crippen molar-refractivity contribution in [3.05, 3.63) is 35.9 Å². The van der Waals surface area contributed by atoms with Crippen molar-refractivity contribution in [2.24, 2.45) is 0 Å². The summed E-state index contributed by atoms with van der Waals surface area (Å²) in [4.78, 5) is 25.8. The summed E-state index contributed by atoms with van der Waals surface area (Å²) in [5, 5.41) is 9.44. The lowest BCUT2D eigenvalue weighted by Crippen LogP contribution is -2.55. The normalized spacial score (nSPS) is 23.6. The van der Waals surface area contributed by atoms with Gasteiger partial charge >= 0.3 is 5.97 Å². The minimum Gasteiger partial charge on any atom is -0.480 e. The van der Waals surface area contributed by atoms with Crippen LogP contribution in [0.25, 0.3) is 0 Å². The van der Waals surface area contributed by atoms with Gasteiger partial charge in [-0.15, -0.1) is 0 Å². The van der Waals surface area contributed by atoms with Crippen molar-refractivity contribution < 1.29 is 19.4 Å². The van der Waals surface area contributed by atoms with Gasteiger partial charge in [0.15, 0.2) is 6.04 Å². The Balaban J connectivity index is 1.84. The van der Waals surface area contributed by atoms with Gasteiger partial charge in [0.05, 0.1) is 13.0 Å². The molecule has 0 bridgehead atoms. The number of carbonyl (C=O) groups excluding carboxylic acids is 1. The first-order valence-corrected chi connectivity index (χ1v) is 7.85. The number of carbonyl (C=O) groups is 2. The van der Waals surface area contributed by atoms with Gasteiger partial charge in [0.1, 0.15) is 5.72 Å². The van der Waals surface area contributed by atoms with Gasteiger partial charge in [0, 0.05) is 0 Å². The van der Waals surface area contributed by atoms with Crippen LogP contribution in [0.2, 0.25) is 0 Å². The van der Waals surface area contributed by atoms with Crippen LogP contribution in [0, 0.1) is 0 Å². The van der Waals surface area contributed by atoms with Gasteiger partial charge in [-0.05, 0) is 31.2 Å². The van der Waals surface area contributed by atoms with Crippen LogP contribution in [0.15, 0.2) is 30.3 Å². The molecule has 1 aromatic rings. The summed E-state index contributed by atoms with van der Waals surface area (Å²) in [5.74, 6) is -1.14. The zero-order valence-electron chi connectivity index (χ0n) is 12.5. The summed E-state index contributed by atoms with van der Waals surface area (Å²) in [5.41, 5.74) is 0.196. The van der Waals surface area contributed by atoms with E-state index in [1.54, 1.807) is 0 Å². The van der Waals surface area contributed by atoms with Gasteiger partial charge in [0.25, 0.3) is 0 Å². The maximum absolute atomic E-state index is 12.8. The van der Waals surface area contributed by atoms with Crippen molar-refractivity contribution in [1.82, 2.24) is 4.90 Å². The van der Waals surface area contributed by atoms with Crippen LogP contribution in [-0.2, 0) is 20.7 Å². The van der Waals surface area contributed by atoms with Crippen molar-refractivity contribution in [1.29, 1.82) is 0 Å². The highest BCUT2D eigenvalue weighted by atomic mass is 16.5. The lowest BCUT2D eigenvalue weighted by atomic mass is 9.89. The maximum Gasteiger partial charge on any atom is 0.328 e. The smallest absolute Gasteiger partial charge is 0.328 e. The highest BCUT2D eigenvalue weighted by Gasteiger charge is 2.52. The molecule has 0 radical (unpaired) electrons. The van der Waals surface area contributed by atoms with Crippen molar-refractivity contribution >= 4 is 11.9 Å². The van der Waals surface area contributed by atoms with Crippen molar-refractivity contribution in [2.75, 3.05) is 6.61 Å². The Labute approximate surface area is 129 Å². The molecule has 1 unspecified atom stereocenters. The molecule has 0 aromatic heterocycles. The van der Waals surface area contributed by atoms with E-state index in [0.29, 0.717) is 0 Å². The van der Waals surface area contributed by atoms with Crippen LogP contribution in [-0.4, -0.2) is 40.3 Å². The summed E-state index contributed by atoms with van der Waals surface area (Å²) in [6.07, 6.45) is 4.75. The van der Waals surface area contributed by atoms with E-state index in [0.717, 1.165) is 37.7 Å². The topological polar surface area (TPSA) is 66.8 Å². The Morgan fingerprint density at radius 3 is 2.50 bits per heavy atom. The van der Waals surface area contributed by atoms with Crippen molar-refractivity contribution in [2.45, 2.75) is 50.3 Å². The number of ether oxygens (including phenoxy) is 1. The first-order chi connectivity index (χ1) is 10.6. The van der Waals surface area contributed by atoms with Crippen LogP contribution in [0.4, 0.5) is 0 Å². The van der Waals surface area contributed by atoms with Gasteiger partial charge in [0.2, 0.25) is 5.91 Å². The molecule has 2 fully saturated rings. The largest absolute Gasteiger partial charge is 0.480 e. The predicted molar refractivity (Wildman–Crippen MR) is 80.2 cm³/mol. The number of carboxylic acids is 1. The van der Waals surface area contributed by atoms with Crippen molar-refractivity contribution in [3.63, 3.8) is 0 Å². The molecule has 1 spiro atoms. The van der Waals surface area contributed by atoms with Crippen LogP contribution in [0.3, 0.4) is 0 Å². The lowest BCUT2D eigenvalue weighted by molar-refractivity contribution is -0.163. The second-order valence-electron chi connectivity index (χ2n) is 6.10. The molecule has 1 saturated carbocycles. The van der Waals surface area contributed by atoms with Crippen LogP contribution in [0.5, 0.6) is 0 Å². The fraction of sp³-hybridized carbons (Fsp3) is 0.529. The molecule has 1 aliphatic heterocycles. The number of amides is 1. The fourth-order valence-corrected chi connectivity index (χ4v) is 3.59. The molecule has 3 rings (SSSR count). The second-order valence-corrected chi connectivity index (χ2v) is 6.10. The minimum absolute atomic E-state index is 0.0931. The molecular formula is C17H21NO4. The number of hydrogen-bond acceptors (Lipinski definition) is 3. The summed E-state index contributed by atoms with van der Waals surface area (Å²) < 4.78 is 5.85. The van der Waals surface area contributed by atoms with E-state index < -0.39 is 17.7 Å². The average Bonchev–Trinajstić information content (AvgIpc) is 2.88. The number of aliphatic carboxylic acids is 1. The zero-order chi connectivity index (χ0) is 15.6. The number of benzene rings is 1. The third-order valence-corrected chi connectivity index (χ3v) is 4.65. The summed E-state index contributed by atoms with van der Waals surface area (Å²) in [6.45, 7) is 0.0931. The molecule has 1 saturated heterocycles. The van der Waals surface area contributed by atoms with Gasteiger partial charge in [-0.3, -0.25) is 9.69 Å². The molecule has 1 amide bonds. The monoisotopic (exact) mass is 303 g/mol. The third kappa shape index (κ3) is 2.73. The van der Waals surface area contributed by atoms with Gasteiger partial charge < -0.3 is 9.84 Å². The summed E-state index contributed by atoms with van der Waals surface area (Å²) >= 11 is 0. The summed E-state index contributed by atoms with van der Waals surface area (Å²) in [6, 6.07) is 8.57. The third-order valence-electron chi connectivity index (χ3n) is 4.65. The Morgan fingerprint density at radius 1 is 1.18 bits per heavy atom. The fourth-order valence-electron chi connectivity index (χ4n) is 3.59. The Kier molecular flexibility index (Phi) is 4.16. The Bertz CT molecular complexity index is 551. The quantitative estimate of drug-likeness (QED) is 0.929. The van der Waals surface area contributed by atoms with E-state index in [1.165, 1.54) is 4.90 Å². The van der Waals surface area contributed by atoms with E-state index >= 15 is 0 Å². The Morgan fingerprint density at radius 2 is 1.86 bits per heavy atom. The first-order valence-electron chi connectivity index (χ1n) is 7.85. The van der Waals surface area contributed by atoms with Gasteiger partial charge in [-0.1, -0.05) is 36.8 Å². The van der Waals surface area contributed by atoms with Crippen LogP contribution >= 0.6 is 0 Å². The molecular weight excluding hydrogens is 282 g/mol. The highest BCUT2D eigenvalue weighted by Crippen LogP contribution is 2.40. The van der Waals surface area contributed by atoms with Crippen LogP contribution in [0.1, 0.15) is 37.7 Å². The molecule has 1 aromatic carbocycles. The van der Waals surface area contributed by atoms with Crippen molar-refractivity contribution in [3.8, 4) is 0 Å². The summed E-state index contributed by atoms with van der Waals surface area (Å²) in [7, 11) is 0. The molecule has 22 heavy (non-hydrogen) atoms. The van der Waals surface area contributed by atoms with E-state index in [1.807, 2.05) is 30.3 Å². The minimum atomic E-state index is -0.983. The lowest BCUT2D eigenvalue weighted by Gasteiger charge is -2.41. The standard InChI is InChI=1S/C17H21NO4/c19-15(11-13-7-3-1-4-8-13)18-14(16(20)21)12-22-17(18)9-5-2-6-10-17/h1,3-4,7-8,14H,2,5-6,9-12H2,(H,20,21). The number of rotatable bonds is 3. The molecule has 2 aliphatic rings. The van der Waals surface area contributed by atoms with Crippen LogP contribution < -0.4 is 0 Å². The molecule has 1 N–H and O–H groups in total.